The molecule has 1 heterocycles. The summed E-state index contributed by atoms with van der Waals surface area (Å²) in [5, 5.41) is 9.02. The Bertz CT molecular complexity index is 810. The van der Waals surface area contributed by atoms with Crippen LogP contribution < -0.4 is 10.5 Å². The monoisotopic (exact) mass is 302 g/mol. The highest BCUT2D eigenvalue weighted by Crippen LogP contribution is 2.18. The van der Waals surface area contributed by atoms with Gasteiger partial charge in [-0.1, -0.05) is 6.07 Å². The van der Waals surface area contributed by atoms with Crippen LogP contribution in [0.3, 0.4) is 0 Å². The van der Waals surface area contributed by atoms with E-state index >= 15 is 0 Å². The Morgan fingerprint density at radius 3 is 2.76 bits per heavy atom. The number of hydrogen-bond acceptors (Lipinski definition) is 5. The van der Waals surface area contributed by atoms with Crippen LogP contribution in [0.2, 0.25) is 0 Å². The molecule has 0 fully saturated rings. The van der Waals surface area contributed by atoms with Gasteiger partial charge in [-0.15, -0.1) is 0 Å². The fourth-order valence-electron chi connectivity index (χ4n) is 1.81. The second-order valence-electron chi connectivity index (χ2n) is 4.46. The molecule has 0 aliphatic carbocycles. The largest absolute Gasteiger partial charge is 0.399 e. The third-order valence-corrected chi connectivity index (χ3v) is 4.26. The van der Waals surface area contributed by atoms with E-state index in [2.05, 4.69) is 9.71 Å². The summed E-state index contributed by atoms with van der Waals surface area (Å²) in [5.41, 5.74) is 7.31. The van der Waals surface area contributed by atoms with Crippen LogP contribution >= 0.6 is 0 Å². The fourth-order valence-corrected chi connectivity index (χ4v) is 2.95. The fraction of sp³-hybridized carbons (Fsp3) is 0.143. The van der Waals surface area contributed by atoms with Crippen LogP contribution in [-0.4, -0.2) is 13.4 Å². The number of nitrogens with zero attached hydrogens (tertiary/aromatic N) is 2. The van der Waals surface area contributed by atoms with Crippen LogP contribution in [0.1, 0.15) is 17.0 Å². The molecular formula is C14H14N4O2S. The number of nitrogens with one attached hydrogen (secondary N) is 1. The van der Waals surface area contributed by atoms with E-state index in [1.807, 2.05) is 19.1 Å². The number of anilines is 1. The molecule has 108 valence electrons. The summed E-state index contributed by atoms with van der Waals surface area (Å²) in [6.45, 7) is 1.88. The molecule has 7 heteroatoms. The first kappa shape index (κ1) is 15.0. The molecule has 2 rings (SSSR count). The summed E-state index contributed by atoms with van der Waals surface area (Å²) < 4.78 is 26.9. The van der Waals surface area contributed by atoms with Crippen molar-refractivity contribution in [2.24, 2.45) is 0 Å². The first-order valence-electron chi connectivity index (χ1n) is 6.14. The van der Waals surface area contributed by atoms with E-state index in [4.69, 9.17) is 11.0 Å². The average molecular weight is 302 g/mol. The number of benzene rings is 1. The van der Waals surface area contributed by atoms with E-state index in [1.165, 1.54) is 18.2 Å². The maximum atomic E-state index is 12.3. The molecule has 0 saturated carbocycles. The standard InChI is InChI=1S/C14H14N4O2S/c1-10-3-2-4-13(18-10)9-17-21(19,20)14-6-5-12(16)7-11(14)8-15/h2-7,17H,9,16H2,1H3. The lowest BCUT2D eigenvalue weighted by Crippen LogP contribution is -2.24. The number of pyridine rings is 1. The molecule has 3 N–H and O–H groups in total. The predicted octanol–water partition coefficient (Wildman–Crippen LogP) is 1.32. The van der Waals surface area contributed by atoms with Gasteiger partial charge in [0.2, 0.25) is 10.0 Å². The predicted molar refractivity (Wildman–Crippen MR) is 78.6 cm³/mol. The maximum absolute atomic E-state index is 12.3. The number of sulfonamides is 1. The first-order chi connectivity index (χ1) is 9.92. The van der Waals surface area contributed by atoms with Crippen molar-refractivity contribution in [3.8, 4) is 6.07 Å². The van der Waals surface area contributed by atoms with Crippen molar-refractivity contribution in [3.63, 3.8) is 0 Å². The molecule has 1 aromatic carbocycles. The van der Waals surface area contributed by atoms with Crippen LogP contribution in [0.4, 0.5) is 5.69 Å². The lowest BCUT2D eigenvalue weighted by atomic mass is 10.2. The van der Waals surface area contributed by atoms with Crippen molar-refractivity contribution in [1.82, 2.24) is 9.71 Å². The van der Waals surface area contributed by atoms with E-state index < -0.39 is 10.0 Å². The minimum absolute atomic E-state index is 0.0136. The smallest absolute Gasteiger partial charge is 0.242 e. The number of aromatic nitrogens is 1. The summed E-state index contributed by atoms with van der Waals surface area (Å²) in [4.78, 5) is 4.12. The third kappa shape index (κ3) is 3.56. The molecule has 0 unspecified atom stereocenters. The van der Waals surface area contributed by atoms with Gasteiger partial charge in [-0.25, -0.2) is 13.1 Å². The Kier molecular flexibility index (Phi) is 4.21. The van der Waals surface area contributed by atoms with Crippen LogP contribution in [0.15, 0.2) is 41.3 Å². The molecule has 0 bridgehead atoms. The molecule has 1 aromatic heterocycles. The summed E-state index contributed by atoms with van der Waals surface area (Å²) in [6, 6.07) is 11.3. The summed E-state index contributed by atoms with van der Waals surface area (Å²) in [6.07, 6.45) is 0. The van der Waals surface area contributed by atoms with E-state index in [-0.39, 0.29) is 17.0 Å². The Morgan fingerprint density at radius 1 is 1.33 bits per heavy atom. The van der Waals surface area contributed by atoms with Crippen LogP contribution in [-0.2, 0) is 16.6 Å². The topological polar surface area (TPSA) is 109 Å². The maximum Gasteiger partial charge on any atom is 0.242 e. The third-order valence-electron chi connectivity index (χ3n) is 2.80. The van der Waals surface area contributed by atoms with Gasteiger partial charge in [0.05, 0.1) is 22.7 Å². The van der Waals surface area contributed by atoms with Crippen molar-refractivity contribution in [3.05, 3.63) is 53.3 Å². The van der Waals surface area contributed by atoms with E-state index in [0.29, 0.717) is 11.4 Å². The molecular weight excluding hydrogens is 288 g/mol. The van der Waals surface area contributed by atoms with Crippen molar-refractivity contribution in [2.45, 2.75) is 18.4 Å². The van der Waals surface area contributed by atoms with Gasteiger partial charge in [-0.05, 0) is 37.3 Å². The number of nitriles is 1. The quantitative estimate of drug-likeness (QED) is 0.828. The molecule has 0 aliphatic rings. The van der Waals surface area contributed by atoms with Gasteiger partial charge < -0.3 is 5.73 Å². The van der Waals surface area contributed by atoms with Crippen molar-refractivity contribution in [2.75, 3.05) is 5.73 Å². The van der Waals surface area contributed by atoms with Gasteiger partial charge >= 0.3 is 0 Å². The minimum Gasteiger partial charge on any atom is -0.399 e. The van der Waals surface area contributed by atoms with Crippen molar-refractivity contribution >= 4 is 15.7 Å². The lowest BCUT2D eigenvalue weighted by Gasteiger charge is -2.08. The Morgan fingerprint density at radius 2 is 2.10 bits per heavy atom. The van der Waals surface area contributed by atoms with E-state index in [9.17, 15) is 8.42 Å². The minimum atomic E-state index is -3.80. The highest BCUT2D eigenvalue weighted by molar-refractivity contribution is 7.89. The summed E-state index contributed by atoms with van der Waals surface area (Å²) in [7, 11) is -3.80. The van der Waals surface area contributed by atoms with Crippen LogP contribution in [0.25, 0.3) is 0 Å². The summed E-state index contributed by atoms with van der Waals surface area (Å²) >= 11 is 0. The number of nitrogen functional groups attached to an aromatic ring is 1. The number of nitrogens with two attached hydrogens (primary N) is 1. The SMILES string of the molecule is Cc1cccc(CNS(=O)(=O)c2ccc(N)cc2C#N)n1. The van der Waals surface area contributed by atoms with Gasteiger partial charge in [0.25, 0.3) is 0 Å². The molecule has 0 saturated heterocycles. The molecule has 0 radical (unpaired) electrons. The van der Waals surface area contributed by atoms with Crippen molar-refractivity contribution < 1.29 is 8.42 Å². The highest BCUT2D eigenvalue weighted by atomic mass is 32.2. The Balaban J connectivity index is 2.25. The zero-order valence-electron chi connectivity index (χ0n) is 11.4. The van der Waals surface area contributed by atoms with Gasteiger partial charge in [0, 0.05) is 11.4 Å². The Labute approximate surface area is 123 Å². The zero-order chi connectivity index (χ0) is 15.5. The second-order valence-corrected chi connectivity index (χ2v) is 6.20. The molecule has 0 aliphatic heterocycles. The summed E-state index contributed by atoms with van der Waals surface area (Å²) in [5.74, 6) is 0. The van der Waals surface area contributed by atoms with Crippen LogP contribution in [0, 0.1) is 18.3 Å². The molecule has 2 aromatic rings. The molecule has 0 atom stereocenters. The average Bonchev–Trinajstić information content (AvgIpc) is 2.45. The zero-order valence-corrected chi connectivity index (χ0v) is 12.2. The van der Waals surface area contributed by atoms with Gasteiger partial charge in [-0.3, -0.25) is 4.98 Å². The molecule has 21 heavy (non-hydrogen) atoms. The normalized spacial score (nSPS) is 11.0. The van der Waals surface area contributed by atoms with Gasteiger partial charge in [0.15, 0.2) is 0 Å². The first-order valence-corrected chi connectivity index (χ1v) is 7.62. The van der Waals surface area contributed by atoms with E-state index in [0.717, 1.165) is 5.69 Å². The van der Waals surface area contributed by atoms with Crippen molar-refractivity contribution in [1.29, 1.82) is 5.26 Å². The number of rotatable bonds is 4. The molecule has 0 amide bonds. The number of hydrogen-bond donors (Lipinski definition) is 2. The molecule has 6 nitrogen and oxygen atoms in total. The Hall–Kier alpha value is -2.43. The van der Waals surface area contributed by atoms with E-state index in [1.54, 1.807) is 12.1 Å². The van der Waals surface area contributed by atoms with Crippen LogP contribution in [0.5, 0.6) is 0 Å². The highest BCUT2D eigenvalue weighted by Gasteiger charge is 2.18. The second kappa shape index (κ2) is 5.91. The van der Waals surface area contributed by atoms with Gasteiger partial charge in [-0.2, -0.15) is 5.26 Å². The lowest BCUT2D eigenvalue weighted by molar-refractivity contribution is 0.580. The van der Waals surface area contributed by atoms with Gasteiger partial charge in [0.1, 0.15) is 6.07 Å². The number of aryl methyl sites for hydroxylation is 1. The molecule has 0 spiro atoms.